The molecule has 1 heterocycles. The van der Waals surface area contributed by atoms with Crippen LogP contribution in [0.5, 0.6) is 11.5 Å². The Morgan fingerprint density at radius 3 is 2.38 bits per heavy atom. The summed E-state index contributed by atoms with van der Waals surface area (Å²) in [5, 5.41) is 3.80. The summed E-state index contributed by atoms with van der Waals surface area (Å²) in [5.41, 5.74) is 1.50. The van der Waals surface area contributed by atoms with Crippen molar-refractivity contribution in [2.45, 2.75) is 13.3 Å². The first-order valence-corrected chi connectivity index (χ1v) is 7.32. The number of nitrogens with zero attached hydrogens (tertiary/aromatic N) is 1. The van der Waals surface area contributed by atoms with Crippen molar-refractivity contribution in [1.29, 1.82) is 0 Å². The molecule has 1 amide bonds. The fraction of sp³-hybridized carbons (Fsp3) is 0.286. The maximum Gasteiger partial charge on any atom is 0.229 e. The van der Waals surface area contributed by atoms with Crippen LogP contribution in [0.3, 0.4) is 0 Å². The molecule has 0 aliphatic carbocycles. The number of aromatic nitrogens is 1. The summed E-state index contributed by atoms with van der Waals surface area (Å²) in [5.74, 6) is 1.11. The van der Waals surface area contributed by atoms with Crippen LogP contribution in [-0.4, -0.2) is 24.5 Å². The first kappa shape index (κ1) is 15.6. The van der Waals surface area contributed by atoms with Crippen LogP contribution >= 0.6 is 23.1 Å². The number of carbonyl (C=O) groups is 1. The van der Waals surface area contributed by atoms with E-state index in [1.807, 2.05) is 0 Å². The predicted molar refractivity (Wildman–Crippen MR) is 83.7 cm³/mol. The molecule has 2 aromatic rings. The second-order valence-corrected chi connectivity index (χ2v) is 5.51. The first-order chi connectivity index (χ1) is 10.0. The summed E-state index contributed by atoms with van der Waals surface area (Å²) in [6.45, 7) is 1.79. The Hall–Kier alpha value is -1.79. The van der Waals surface area contributed by atoms with Gasteiger partial charge in [0.05, 0.1) is 31.4 Å². The second-order valence-electron chi connectivity index (χ2n) is 4.36. The van der Waals surface area contributed by atoms with Gasteiger partial charge in [-0.25, -0.2) is 0 Å². The minimum Gasteiger partial charge on any atom is -0.497 e. The Morgan fingerprint density at radius 1 is 1.29 bits per heavy atom. The highest BCUT2D eigenvalue weighted by Gasteiger charge is 2.13. The van der Waals surface area contributed by atoms with Crippen LogP contribution in [0, 0.1) is 6.92 Å². The molecule has 0 aliphatic rings. The van der Waals surface area contributed by atoms with Gasteiger partial charge in [-0.3, -0.25) is 4.79 Å². The molecule has 0 unspecified atom stereocenters. The molecular formula is C14H15ClN2O3S. The summed E-state index contributed by atoms with van der Waals surface area (Å²) in [7, 11) is 3.14. The maximum absolute atomic E-state index is 12.1. The Kier molecular flexibility index (Phi) is 5.03. The van der Waals surface area contributed by atoms with Gasteiger partial charge >= 0.3 is 0 Å². The number of nitrogens with one attached hydrogen (secondary N) is 1. The van der Waals surface area contributed by atoms with Crippen molar-refractivity contribution >= 4 is 34.0 Å². The van der Waals surface area contributed by atoms with Crippen LogP contribution in [0.25, 0.3) is 0 Å². The van der Waals surface area contributed by atoms with Gasteiger partial charge in [0.25, 0.3) is 0 Å². The minimum atomic E-state index is -0.171. The fourth-order valence-electron chi connectivity index (χ4n) is 1.76. The van der Waals surface area contributed by atoms with Crippen LogP contribution < -0.4 is 14.8 Å². The topological polar surface area (TPSA) is 60.5 Å². The van der Waals surface area contributed by atoms with Crippen LogP contribution in [0.2, 0.25) is 5.02 Å². The van der Waals surface area contributed by atoms with E-state index >= 15 is 0 Å². The van der Waals surface area contributed by atoms with Crippen molar-refractivity contribution in [3.63, 3.8) is 0 Å². The van der Waals surface area contributed by atoms with Crippen LogP contribution in [0.15, 0.2) is 18.2 Å². The molecule has 2 rings (SSSR count). The molecule has 21 heavy (non-hydrogen) atoms. The molecule has 0 aliphatic heterocycles. The lowest BCUT2D eigenvalue weighted by molar-refractivity contribution is -0.115. The molecule has 0 atom stereocenters. The van der Waals surface area contributed by atoms with Crippen molar-refractivity contribution in [3.05, 3.63) is 34.5 Å². The Morgan fingerprint density at radius 2 is 1.90 bits per heavy atom. The number of anilines is 1. The van der Waals surface area contributed by atoms with Crippen molar-refractivity contribution in [3.8, 4) is 11.5 Å². The molecule has 1 N–H and O–H groups in total. The number of rotatable bonds is 5. The fourth-order valence-corrected chi connectivity index (χ4v) is 2.71. The van der Waals surface area contributed by atoms with E-state index in [0.717, 1.165) is 5.56 Å². The van der Waals surface area contributed by atoms with Crippen LogP contribution in [-0.2, 0) is 11.2 Å². The van der Waals surface area contributed by atoms with Gasteiger partial charge in [-0.1, -0.05) is 11.6 Å². The summed E-state index contributed by atoms with van der Waals surface area (Å²) in [6.07, 6.45) is 0.195. The number of halogens is 1. The normalized spacial score (nSPS) is 10.3. The number of aryl methyl sites for hydroxylation is 1. The van der Waals surface area contributed by atoms with Gasteiger partial charge < -0.3 is 14.8 Å². The van der Waals surface area contributed by atoms with Gasteiger partial charge in [-0.2, -0.15) is 4.37 Å². The maximum atomic E-state index is 12.1. The first-order valence-electron chi connectivity index (χ1n) is 6.17. The molecule has 112 valence electrons. The van der Waals surface area contributed by atoms with E-state index < -0.39 is 0 Å². The van der Waals surface area contributed by atoms with E-state index in [2.05, 4.69) is 9.69 Å². The van der Waals surface area contributed by atoms with Crippen molar-refractivity contribution in [2.75, 3.05) is 19.5 Å². The number of carbonyl (C=O) groups excluding carboxylic acids is 1. The second kappa shape index (κ2) is 6.78. The molecule has 0 spiro atoms. The zero-order chi connectivity index (χ0) is 15.4. The summed E-state index contributed by atoms with van der Waals surface area (Å²) < 4.78 is 14.4. The molecular weight excluding hydrogens is 312 g/mol. The van der Waals surface area contributed by atoms with Gasteiger partial charge in [-0.15, -0.1) is 0 Å². The minimum absolute atomic E-state index is 0.171. The van der Waals surface area contributed by atoms with Gasteiger partial charge in [0, 0.05) is 6.07 Å². The van der Waals surface area contributed by atoms with Gasteiger partial charge in [-0.05, 0) is 36.2 Å². The number of methoxy groups -OCH3 is 2. The van der Waals surface area contributed by atoms with Crippen molar-refractivity contribution in [1.82, 2.24) is 4.37 Å². The third-order valence-corrected chi connectivity index (χ3v) is 4.25. The van der Waals surface area contributed by atoms with Gasteiger partial charge in [0.2, 0.25) is 5.91 Å². The zero-order valence-electron chi connectivity index (χ0n) is 11.9. The lowest BCUT2D eigenvalue weighted by atomic mass is 10.1. The molecule has 7 heteroatoms. The van der Waals surface area contributed by atoms with E-state index in [0.29, 0.717) is 27.2 Å². The van der Waals surface area contributed by atoms with E-state index in [1.54, 1.807) is 39.3 Å². The Bertz CT molecular complexity index is 635. The van der Waals surface area contributed by atoms with Crippen LogP contribution in [0.4, 0.5) is 5.00 Å². The van der Waals surface area contributed by atoms with Gasteiger partial charge in [0.1, 0.15) is 16.5 Å². The summed E-state index contributed by atoms with van der Waals surface area (Å²) in [4.78, 5) is 12.1. The van der Waals surface area contributed by atoms with Crippen molar-refractivity contribution < 1.29 is 14.3 Å². The number of benzene rings is 1. The molecule has 0 fully saturated rings. The summed E-state index contributed by atoms with van der Waals surface area (Å²) in [6, 6.07) is 5.34. The largest absolute Gasteiger partial charge is 0.497 e. The highest BCUT2D eigenvalue weighted by Crippen LogP contribution is 2.29. The van der Waals surface area contributed by atoms with E-state index in [4.69, 9.17) is 21.1 Å². The molecule has 1 aromatic carbocycles. The van der Waals surface area contributed by atoms with E-state index in [-0.39, 0.29) is 12.3 Å². The standard InChI is InChI=1S/C14H15ClN2O3S/c1-8-13(15)14(21-17-8)16-12(18)6-9-4-10(19-2)7-11(5-9)20-3/h4-5,7H,6H2,1-3H3,(H,16,18). The molecule has 0 radical (unpaired) electrons. The zero-order valence-corrected chi connectivity index (χ0v) is 13.5. The van der Waals surface area contributed by atoms with Crippen molar-refractivity contribution in [2.24, 2.45) is 0 Å². The third-order valence-electron chi connectivity index (χ3n) is 2.82. The average molecular weight is 327 g/mol. The Balaban J connectivity index is 2.10. The number of hydrogen-bond acceptors (Lipinski definition) is 5. The quantitative estimate of drug-likeness (QED) is 0.915. The molecule has 0 saturated heterocycles. The predicted octanol–water partition coefficient (Wildman–Crippen LogP) is 3.30. The average Bonchev–Trinajstić information content (AvgIpc) is 2.78. The SMILES string of the molecule is COc1cc(CC(=O)Nc2snc(C)c2Cl)cc(OC)c1. The summed E-state index contributed by atoms with van der Waals surface area (Å²) >= 11 is 7.21. The third kappa shape index (κ3) is 3.86. The smallest absolute Gasteiger partial charge is 0.229 e. The Labute approximate surface area is 132 Å². The highest BCUT2D eigenvalue weighted by molar-refractivity contribution is 7.11. The van der Waals surface area contributed by atoms with Crippen LogP contribution in [0.1, 0.15) is 11.3 Å². The monoisotopic (exact) mass is 326 g/mol. The highest BCUT2D eigenvalue weighted by atomic mass is 35.5. The lowest BCUT2D eigenvalue weighted by Gasteiger charge is -2.08. The van der Waals surface area contributed by atoms with E-state index in [9.17, 15) is 4.79 Å². The lowest BCUT2D eigenvalue weighted by Crippen LogP contribution is -2.14. The molecule has 0 saturated carbocycles. The molecule has 5 nitrogen and oxygen atoms in total. The van der Waals surface area contributed by atoms with Gasteiger partial charge in [0.15, 0.2) is 0 Å². The van der Waals surface area contributed by atoms with E-state index in [1.165, 1.54) is 11.5 Å². The number of ether oxygens (including phenoxy) is 2. The number of hydrogen-bond donors (Lipinski definition) is 1. The molecule has 1 aromatic heterocycles. The molecule has 0 bridgehead atoms. The number of amides is 1.